The maximum absolute atomic E-state index is 12.2. The highest BCUT2D eigenvalue weighted by molar-refractivity contribution is 6.17. The fraction of sp³-hybridized carbons (Fsp3) is 0.889. The van der Waals surface area contributed by atoms with E-state index in [1.165, 1.54) is 7.11 Å². The lowest BCUT2D eigenvalue weighted by molar-refractivity contribution is -0.140. The fourth-order valence-corrected chi connectivity index (χ4v) is 3.77. The molecule has 0 aromatic heterocycles. The van der Waals surface area contributed by atoms with E-state index in [0.717, 1.165) is 51.4 Å². The first kappa shape index (κ1) is 20.4. The molecular formula is C18H31ClO4. The lowest BCUT2D eigenvalue weighted by Crippen LogP contribution is -2.37. The number of ether oxygens (including phenoxy) is 1. The number of alkyl halides is 1. The molecule has 3 atom stereocenters. The van der Waals surface area contributed by atoms with Crippen molar-refractivity contribution in [3.8, 4) is 0 Å². The molecule has 5 heteroatoms. The molecule has 0 aliphatic heterocycles. The normalized spacial score (nSPS) is 22.8. The van der Waals surface area contributed by atoms with Crippen LogP contribution in [0.25, 0.3) is 0 Å². The molecule has 1 aliphatic carbocycles. The predicted molar refractivity (Wildman–Crippen MR) is 91.5 cm³/mol. The van der Waals surface area contributed by atoms with E-state index in [9.17, 15) is 14.7 Å². The van der Waals surface area contributed by atoms with Crippen LogP contribution in [0, 0.1) is 11.8 Å². The van der Waals surface area contributed by atoms with Crippen molar-refractivity contribution in [1.29, 1.82) is 0 Å². The SMILES string of the molecule is COC(=O)CCCCCC(O)[C@H]1C(=O)CCC[C@@H]1CCCCCl. The second-order valence-corrected chi connectivity index (χ2v) is 6.95. The number of aliphatic hydroxyl groups excluding tert-OH is 1. The maximum atomic E-state index is 12.2. The number of methoxy groups -OCH3 is 1. The van der Waals surface area contributed by atoms with E-state index >= 15 is 0 Å². The molecule has 0 aromatic carbocycles. The van der Waals surface area contributed by atoms with E-state index in [4.69, 9.17) is 11.6 Å². The second-order valence-electron chi connectivity index (χ2n) is 6.57. The lowest BCUT2D eigenvalue weighted by atomic mass is 9.72. The molecule has 0 spiro atoms. The maximum Gasteiger partial charge on any atom is 0.305 e. The molecule has 0 heterocycles. The minimum atomic E-state index is -0.540. The first-order valence-corrected chi connectivity index (χ1v) is 9.47. The average Bonchev–Trinajstić information content (AvgIpc) is 2.54. The van der Waals surface area contributed by atoms with Crippen LogP contribution >= 0.6 is 11.6 Å². The van der Waals surface area contributed by atoms with Crippen LogP contribution in [0.15, 0.2) is 0 Å². The number of halogens is 1. The second kappa shape index (κ2) is 11.9. The Labute approximate surface area is 144 Å². The summed E-state index contributed by atoms with van der Waals surface area (Å²) in [6.45, 7) is 0. The van der Waals surface area contributed by atoms with Gasteiger partial charge in [-0.05, 0) is 44.4 Å². The molecular weight excluding hydrogens is 316 g/mol. The van der Waals surface area contributed by atoms with Crippen LogP contribution in [0.1, 0.15) is 70.6 Å². The van der Waals surface area contributed by atoms with Crippen LogP contribution < -0.4 is 0 Å². The fourth-order valence-electron chi connectivity index (χ4n) is 3.58. The molecule has 4 nitrogen and oxygen atoms in total. The van der Waals surface area contributed by atoms with Gasteiger partial charge in [0.15, 0.2) is 0 Å². The van der Waals surface area contributed by atoms with Gasteiger partial charge in [-0.3, -0.25) is 9.59 Å². The van der Waals surface area contributed by atoms with Gasteiger partial charge in [-0.25, -0.2) is 0 Å². The van der Waals surface area contributed by atoms with Gasteiger partial charge < -0.3 is 9.84 Å². The summed E-state index contributed by atoms with van der Waals surface area (Å²) in [6.07, 6.45) is 8.62. The molecule has 0 amide bonds. The van der Waals surface area contributed by atoms with Crippen molar-refractivity contribution in [2.24, 2.45) is 11.8 Å². The van der Waals surface area contributed by atoms with E-state index < -0.39 is 6.10 Å². The number of hydrogen-bond acceptors (Lipinski definition) is 4. The van der Waals surface area contributed by atoms with Crippen molar-refractivity contribution in [3.63, 3.8) is 0 Å². The Balaban J connectivity index is 2.35. The zero-order valence-electron chi connectivity index (χ0n) is 14.3. The molecule has 1 N–H and O–H groups in total. The van der Waals surface area contributed by atoms with Gasteiger partial charge in [0.1, 0.15) is 5.78 Å². The molecule has 1 aliphatic rings. The van der Waals surface area contributed by atoms with Crippen LogP contribution in [0.3, 0.4) is 0 Å². The van der Waals surface area contributed by atoms with Crippen LogP contribution in [0.2, 0.25) is 0 Å². The van der Waals surface area contributed by atoms with Crippen molar-refractivity contribution in [2.75, 3.05) is 13.0 Å². The van der Waals surface area contributed by atoms with Crippen molar-refractivity contribution in [2.45, 2.75) is 76.7 Å². The van der Waals surface area contributed by atoms with Gasteiger partial charge in [0.25, 0.3) is 0 Å². The smallest absolute Gasteiger partial charge is 0.305 e. The van der Waals surface area contributed by atoms with Crippen LogP contribution in [-0.4, -0.2) is 36.0 Å². The summed E-state index contributed by atoms with van der Waals surface area (Å²) in [4.78, 5) is 23.3. The lowest BCUT2D eigenvalue weighted by Gasteiger charge is -2.34. The number of carbonyl (C=O) groups is 2. The van der Waals surface area contributed by atoms with Gasteiger partial charge in [0.05, 0.1) is 13.2 Å². The number of aliphatic hydroxyl groups is 1. The summed E-state index contributed by atoms with van der Waals surface area (Å²) in [6, 6.07) is 0. The molecule has 1 saturated carbocycles. The van der Waals surface area contributed by atoms with Gasteiger partial charge in [-0.1, -0.05) is 19.3 Å². The Bertz CT molecular complexity index is 359. The van der Waals surface area contributed by atoms with Gasteiger partial charge in [0.2, 0.25) is 0 Å². The highest BCUT2D eigenvalue weighted by Crippen LogP contribution is 2.35. The van der Waals surface area contributed by atoms with E-state index in [0.29, 0.717) is 31.1 Å². The third-order valence-corrected chi connectivity index (χ3v) is 5.13. The first-order valence-electron chi connectivity index (χ1n) is 8.93. The topological polar surface area (TPSA) is 63.6 Å². The van der Waals surface area contributed by atoms with Crippen molar-refractivity contribution in [3.05, 3.63) is 0 Å². The molecule has 1 rings (SSSR count). The molecule has 0 radical (unpaired) electrons. The number of unbranched alkanes of at least 4 members (excludes halogenated alkanes) is 3. The highest BCUT2D eigenvalue weighted by Gasteiger charge is 2.36. The van der Waals surface area contributed by atoms with E-state index in [1.807, 2.05) is 0 Å². The van der Waals surface area contributed by atoms with Crippen molar-refractivity contribution in [1.82, 2.24) is 0 Å². The van der Waals surface area contributed by atoms with E-state index in [-0.39, 0.29) is 17.7 Å². The van der Waals surface area contributed by atoms with Crippen LogP contribution in [0.5, 0.6) is 0 Å². The number of ketones is 1. The van der Waals surface area contributed by atoms with Gasteiger partial charge in [-0.2, -0.15) is 0 Å². The van der Waals surface area contributed by atoms with E-state index in [2.05, 4.69) is 4.74 Å². The quantitative estimate of drug-likeness (QED) is 0.350. The van der Waals surface area contributed by atoms with E-state index in [1.54, 1.807) is 0 Å². The summed E-state index contributed by atoms with van der Waals surface area (Å²) < 4.78 is 4.61. The molecule has 0 bridgehead atoms. The number of hydrogen-bond donors (Lipinski definition) is 1. The minimum absolute atomic E-state index is 0.188. The molecule has 0 aromatic rings. The molecule has 134 valence electrons. The van der Waals surface area contributed by atoms with Gasteiger partial charge in [0, 0.05) is 24.6 Å². The first-order chi connectivity index (χ1) is 11.1. The standard InChI is InChI=1S/C18H31ClO4/c1-23-17(22)12-4-2-3-10-15(20)18-14(8-5-6-13-19)9-7-11-16(18)21/h14-15,18,20H,2-13H2,1H3/t14-,15?,18-/m0/s1. The summed E-state index contributed by atoms with van der Waals surface area (Å²) >= 11 is 5.73. The number of carbonyl (C=O) groups excluding carboxylic acids is 2. The Morgan fingerprint density at radius 2 is 2.09 bits per heavy atom. The minimum Gasteiger partial charge on any atom is -0.469 e. The summed E-state index contributed by atoms with van der Waals surface area (Å²) in [5.74, 6) is 0.819. The zero-order chi connectivity index (χ0) is 17.1. The zero-order valence-corrected chi connectivity index (χ0v) is 15.0. The predicted octanol–water partition coefficient (Wildman–Crippen LogP) is 3.87. The Kier molecular flexibility index (Phi) is 10.5. The molecule has 23 heavy (non-hydrogen) atoms. The largest absolute Gasteiger partial charge is 0.469 e. The van der Waals surface area contributed by atoms with Crippen LogP contribution in [-0.2, 0) is 14.3 Å². The summed E-state index contributed by atoms with van der Waals surface area (Å²) in [5.41, 5.74) is 0. The molecule has 1 unspecified atom stereocenters. The Morgan fingerprint density at radius 1 is 1.30 bits per heavy atom. The molecule has 0 saturated heterocycles. The third kappa shape index (κ3) is 7.67. The van der Waals surface area contributed by atoms with Crippen molar-refractivity contribution < 1.29 is 19.4 Å². The van der Waals surface area contributed by atoms with Crippen LogP contribution in [0.4, 0.5) is 0 Å². The highest BCUT2D eigenvalue weighted by atomic mass is 35.5. The third-order valence-electron chi connectivity index (χ3n) is 4.86. The molecule has 1 fully saturated rings. The Hall–Kier alpha value is -0.610. The Morgan fingerprint density at radius 3 is 2.78 bits per heavy atom. The monoisotopic (exact) mass is 346 g/mol. The van der Waals surface area contributed by atoms with Gasteiger partial charge >= 0.3 is 5.97 Å². The summed E-state index contributed by atoms with van der Waals surface area (Å²) in [5, 5.41) is 10.5. The average molecular weight is 347 g/mol. The van der Waals surface area contributed by atoms with Gasteiger partial charge in [-0.15, -0.1) is 11.6 Å². The number of Topliss-reactive ketones (excluding diaryl/α,β-unsaturated/α-hetero) is 1. The van der Waals surface area contributed by atoms with Crippen molar-refractivity contribution >= 4 is 23.4 Å². The summed E-state index contributed by atoms with van der Waals surface area (Å²) in [7, 11) is 1.39. The number of esters is 1. The number of rotatable bonds is 11.